The van der Waals surface area contributed by atoms with Gasteiger partial charge in [0, 0.05) is 6.04 Å². The van der Waals surface area contributed by atoms with Gasteiger partial charge in [0.15, 0.2) is 0 Å². The number of rotatable bonds is 8. The van der Waals surface area contributed by atoms with Gasteiger partial charge in [-0.05, 0) is 70.6 Å². The average molecular weight is 268 g/mol. The molecule has 0 saturated carbocycles. The monoisotopic (exact) mass is 268 g/mol. The first kappa shape index (κ1) is 17.0. The van der Waals surface area contributed by atoms with Crippen molar-refractivity contribution in [2.75, 3.05) is 26.2 Å². The third-order valence-corrected chi connectivity index (χ3v) is 4.49. The third kappa shape index (κ3) is 7.31. The van der Waals surface area contributed by atoms with Gasteiger partial charge in [-0.2, -0.15) is 0 Å². The molecule has 2 unspecified atom stereocenters. The molecule has 1 heterocycles. The molecule has 19 heavy (non-hydrogen) atoms. The Balaban J connectivity index is 2.19. The Labute approximate surface area is 121 Å². The second-order valence-corrected chi connectivity index (χ2v) is 6.86. The maximum Gasteiger partial charge on any atom is 0.00790 e. The zero-order valence-corrected chi connectivity index (χ0v) is 13.8. The van der Waals surface area contributed by atoms with Crippen molar-refractivity contribution < 1.29 is 0 Å². The van der Waals surface area contributed by atoms with Crippen molar-refractivity contribution in [2.45, 2.75) is 72.3 Å². The van der Waals surface area contributed by atoms with Crippen LogP contribution in [0.5, 0.6) is 0 Å². The van der Waals surface area contributed by atoms with E-state index in [2.05, 4.69) is 37.9 Å². The van der Waals surface area contributed by atoms with Gasteiger partial charge in [0.2, 0.25) is 0 Å². The molecule has 1 aliphatic rings. The number of nitrogens with one attached hydrogen (secondary N) is 1. The molecule has 1 fully saturated rings. The van der Waals surface area contributed by atoms with Crippen molar-refractivity contribution in [1.29, 1.82) is 0 Å². The second-order valence-electron chi connectivity index (χ2n) is 6.86. The molecule has 0 amide bonds. The van der Waals surface area contributed by atoms with Gasteiger partial charge in [-0.1, -0.05) is 33.6 Å². The molecule has 114 valence electrons. The molecule has 1 rings (SSSR count). The summed E-state index contributed by atoms with van der Waals surface area (Å²) in [5.41, 5.74) is 0. The molecule has 2 atom stereocenters. The zero-order chi connectivity index (χ0) is 14.1. The molecule has 0 spiro atoms. The van der Waals surface area contributed by atoms with Gasteiger partial charge in [-0.15, -0.1) is 0 Å². The number of hydrogen-bond acceptors (Lipinski definition) is 2. The molecule has 0 aliphatic carbocycles. The predicted octanol–water partition coefficient (Wildman–Crippen LogP) is 3.91. The van der Waals surface area contributed by atoms with Crippen LogP contribution in [0.15, 0.2) is 0 Å². The summed E-state index contributed by atoms with van der Waals surface area (Å²) in [4.78, 5) is 2.73. The Bertz CT molecular complexity index is 215. The zero-order valence-electron chi connectivity index (χ0n) is 13.8. The van der Waals surface area contributed by atoms with Crippen molar-refractivity contribution >= 4 is 0 Å². The molecule has 0 radical (unpaired) electrons. The lowest BCUT2D eigenvalue weighted by molar-refractivity contribution is 0.203. The van der Waals surface area contributed by atoms with Crippen LogP contribution < -0.4 is 5.32 Å². The first-order valence-electron chi connectivity index (χ1n) is 8.58. The Hall–Kier alpha value is -0.0800. The quantitative estimate of drug-likeness (QED) is 0.671. The number of hydrogen-bond donors (Lipinski definition) is 1. The highest BCUT2D eigenvalue weighted by Gasteiger charge is 2.19. The van der Waals surface area contributed by atoms with Crippen molar-refractivity contribution in [2.24, 2.45) is 11.8 Å². The fourth-order valence-electron chi connectivity index (χ4n) is 3.21. The van der Waals surface area contributed by atoms with E-state index in [0.717, 1.165) is 24.4 Å². The van der Waals surface area contributed by atoms with E-state index in [0.29, 0.717) is 0 Å². The molecule has 2 heteroatoms. The van der Waals surface area contributed by atoms with Crippen molar-refractivity contribution in [3.8, 4) is 0 Å². The minimum atomic E-state index is 0.750. The van der Waals surface area contributed by atoms with Gasteiger partial charge in [0.05, 0.1) is 0 Å². The molecule has 0 aromatic rings. The largest absolute Gasteiger partial charge is 0.316 e. The summed E-state index contributed by atoms with van der Waals surface area (Å²) in [5.74, 6) is 1.77. The average Bonchev–Trinajstić information content (AvgIpc) is 2.60. The van der Waals surface area contributed by atoms with Gasteiger partial charge >= 0.3 is 0 Å². The van der Waals surface area contributed by atoms with Crippen LogP contribution in [-0.2, 0) is 0 Å². The van der Waals surface area contributed by atoms with E-state index in [1.54, 1.807) is 0 Å². The lowest BCUT2D eigenvalue weighted by Crippen LogP contribution is -2.36. The third-order valence-electron chi connectivity index (χ3n) is 4.49. The van der Waals surface area contributed by atoms with Crippen LogP contribution in [0, 0.1) is 11.8 Å². The first-order chi connectivity index (χ1) is 9.13. The molecule has 1 aliphatic heterocycles. The number of likely N-dealkylation sites (tertiary alicyclic amines) is 1. The van der Waals surface area contributed by atoms with Gasteiger partial charge in [-0.25, -0.2) is 0 Å². The minimum absolute atomic E-state index is 0.750. The van der Waals surface area contributed by atoms with Crippen molar-refractivity contribution in [3.63, 3.8) is 0 Å². The highest BCUT2D eigenvalue weighted by atomic mass is 15.1. The van der Waals surface area contributed by atoms with Crippen LogP contribution in [0.2, 0.25) is 0 Å². The van der Waals surface area contributed by atoms with Crippen LogP contribution in [0.1, 0.15) is 66.2 Å². The van der Waals surface area contributed by atoms with Crippen LogP contribution in [0.25, 0.3) is 0 Å². The lowest BCUT2D eigenvalue weighted by Gasteiger charge is -2.28. The summed E-state index contributed by atoms with van der Waals surface area (Å²) in [7, 11) is 0. The summed E-state index contributed by atoms with van der Waals surface area (Å²) in [6, 6.07) is 0.750. The smallest absolute Gasteiger partial charge is 0.00790 e. The van der Waals surface area contributed by atoms with Crippen LogP contribution in [0.4, 0.5) is 0 Å². The Morgan fingerprint density at radius 3 is 2.63 bits per heavy atom. The Morgan fingerprint density at radius 1 is 1.16 bits per heavy atom. The van der Waals surface area contributed by atoms with Gasteiger partial charge < -0.3 is 10.2 Å². The maximum atomic E-state index is 3.57. The van der Waals surface area contributed by atoms with Crippen molar-refractivity contribution in [1.82, 2.24) is 10.2 Å². The lowest BCUT2D eigenvalue weighted by atomic mass is 9.96. The fraction of sp³-hybridized carbons (Fsp3) is 1.00. The van der Waals surface area contributed by atoms with E-state index in [4.69, 9.17) is 0 Å². The maximum absolute atomic E-state index is 3.57. The standard InChI is InChI=1S/C17H36N2/c1-5-7-17-8-6-12-19(13-10-17)16(4)9-11-18-14-15(2)3/h15-18H,5-14H2,1-4H3. The first-order valence-corrected chi connectivity index (χ1v) is 8.58. The van der Waals surface area contributed by atoms with Crippen LogP contribution >= 0.6 is 0 Å². The van der Waals surface area contributed by atoms with E-state index < -0.39 is 0 Å². The van der Waals surface area contributed by atoms with E-state index in [-0.39, 0.29) is 0 Å². The second kappa shape index (κ2) is 9.77. The van der Waals surface area contributed by atoms with Gasteiger partial charge in [0.25, 0.3) is 0 Å². The molecule has 0 aromatic carbocycles. The van der Waals surface area contributed by atoms with Gasteiger partial charge in [-0.3, -0.25) is 0 Å². The predicted molar refractivity (Wildman–Crippen MR) is 85.6 cm³/mol. The van der Waals surface area contributed by atoms with Gasteiger partial charge in [0.1, 0.15) is 0 Å². The van der Waals surface area contributed by atoms with Crippen molar-refractivity contribution in [3.05, 3.63) is 0 Å². The molecule has 0 aromatic heterocycles. The summed E-state index contributed by atoms with van der Waals surface area (Å²) < 4.78 is 0. The van der Waals surface area contributed by atoms with E-state index in [9.17, 15) is 0 Å². The molecular formula is C17H36N2. The molecular weight excluding hydrogens is 232 g/mol. The highest BCUT2D eigenvalue weighted by Crippen LogP contribution is 2.23. The normalized spacial score (nSPS) is 23.5. The molecule has 0 bridgehead atoms. The highest BCUT2D eigenvalue weighted by molar-refractivity contribution is 4.75. The molecule has 1 N–H and O–H groups in total. The Morgan fingerprint density at radius 2 is 1.95 bits per heavy atom. The number of nitrogens with zero attached hydrogens (tertiary/aromatic N) is 1. The molecule has 1 saturated heterocycles. The summed E-state index contributed by atoms with van der Waals surface area (Å²) in [6.07, 6.45) is 8.40. The van der Waals surface area contributed by atoms with Crippen LogP contribution in [-0.4, -0.2) is 37.1 Å². The fourth-order valence-corrected chi connectivity index (χ4v) is 3.21. The van der Waals surface area contributed by atoms with Crippen LogP contribution in [0.3, 0.4) is 0 Å². The Kier molecular flexibility index (Phi) is 8.72. The SMILES string of the molecule is CCCC1CCCN(C(C)CCNCC(C)C)CC1. The minimum Gasteiger partial charge on any atom is -0.316 e. The topological polar surface area (TPSA) is 15.3 Å². The molecule has 2 nitrogen and oxygen atoms in total. The van der Waals surface area contributed by atoms with E-state index in [1.807, 2.05) is 0 Å². The summed E-state index contributed by atoms with van der Waals surface area (Å²) >= 11 is 0. The van der Waals surface area contributed by atoms with E-state index >= 15 is 0 Å². The summed E-state index contributed by atoms with van der Waals surface area (Å²) in [6.45, 7) is 14.3. The van der Waals surface area contributed by atoms with E-state index in [1.165, 1.54) is 58.2 Å². The summed E-state index contributed by atoms with van der Waals surface area (Å²) in [5, 5.41) is 3.57.